The zero-order chi connectivity index (χ0) is 32.9. The molecule has 0 saturated carbocycles. The van der Waals surface area contributed by atoms with Crippen LogP contribution in [-0.4, -0.2) is 147 Å². The summed E-state index contributed by atoms with van der Waals surface area (Å²) in [6.07, 6.45) is -7.54. The lowest BCUT2D eigenvalue weighted by molar-refractivity contribution is -0.193. The van der Waals surface area contributed by atoms with Gasteiger partial charge in [0.1, 0.15) is 11.4 Å². The van der Waals surface area contributed by atoms with Gasteiger partial charge in [-0.05, 0) is 0 Å². The third-order valence-corrected chi connectivity index (χ3v) is 4.41. The Kier molecular flexibility index (Phi) is 20.4. The first kappa shape index (κ1) is 40.5. The largest absolute Gasteiger partial charge is 0.490 e. The smallest absolute Gasteiger partial charge is 0.475 e. The predicted octanol–water partition coefficient (Wildman–Crippen LogP) is 1.21. The van der Waals surface area contributed by atoms with E-state index in [-0.39, 0.29) is 23.2 Å². The van der Waals surface area contributed by atoms with Crippen LogP contribution in [0.2, 0.25) is 0 Å². The zero-order valence-corrected chi connectivity index (χ0v) is 23.0. The topological polar surface area (TPSA) is 178 Å². The van der Waals surface area contributed by atoms with Crippen molar-refractivity contribution in [2.24, 2.45) is 0 Å². The second-order valence-electron chi connectivity index (χ2n) is 7.45. The number of hydrogen-bond donors (Lipinski definition) is 2. The van der Waals surface area contributed by atoms with E-state index in [0.29, 0.717) is 52.6 Å². The van der Waals surface area contributed by atoms with Crippen molar-refractivity contribution in [1.82, 2.24) is 19.8 Å². The Bertz CT molecular complexity index is 858. The average Bonchev–Trinajstić information content (AvgIpc) is 2.92. The molecule has 242 valence electrons. The standard InChI is InChI=1S/C18H30N4O6.2C2HF3O2/c1-25-9-5-21(6-10-26-2)17(23)15-13-20-16(14-19-15)18(24)22(7-11-27-3)8-12-28-4;2*3-2(4,5)1(6)7/h13-14H,5-12H2,1-4H3;2*(H,6,7). The quantitative estimate of drug-likeness (QED) is 0.283. The molecule has 0 fully saturated rings. The number of nitrogens with zero attached hydrogens (tertiary/aromatic N) is 4. The van der Waals surface area contributed by atoms with E-state index in [4.69, 9.17) is 38.7 Å². The molecular formula is C22H32F6N4O10. The van der Waals surface area contributed by atoms with E-state index in [2.05, 4.69) is 9.97 Å². The van der Waals surface area contributed by atoms with Crippen molar-refractivity contribution in [1.29, 1.82) is 0 Å². The van der Waals surface area contributed by atoms with Crippen LogP contribution in [0.3, 0.4) is 0 Å². The van der Waals surface area contributed by atoms with Crippen LogP contribution in [-0.2, 0) is 28.5 Å². The van der Waals surface area contributed by atoms with Gasteiger partial charge in [0.25, 0.3) is 11.8 Å². The second kappa shape index (κ2) is 21.1. The molecule has 0 radical (unpaired) electrons. The number of methoxy groups -OCH3 is 4. The Labute approximate surface area is 236 Å². The lowest BCUT2D eigenvalue weighted by Crippen LogP contribution is -2.38. The van der Waals surface area contributed by atoms with E-state index in [0.717, 1.165) is 0 Å². The Balaban J connectivity index is 0. The number of carboxylic acid groups (broad SMARTS) is 2. The van der Waals surface area contributed by atoms with Crippen LogP contribution in [0.15, 0.2) is 12.4 Å². The molecule has 1 rings (SSSR count). The molecule has 20 heteroatoms. The number of aliphatic carboxylic acids is 2. The Morgan fingerprint density at radius 1 is 0.619 bits per heavy atom. The molecule has 0 bridgehead atoms. The maximum atomic E-state index is 12.6. The summed E-state index contributed by atoms with van der Waals surface area (Å²) in [5, 5.41) is 14.2. The Hall–Kier alpha value is -3.62. The minimum absolute atomic E-state index is 0.157. The summed E-state index contributed by atoms with van der Waals surface area (Å²) in [7, 11) is 6.27. The molecule has 2 N–H and O–H groups in total. The van der Waals surface area contributed by atoms with E-state index in [1.165, 1.54) is 12.4 Å². The number of carbonyl (C=O) groups excluding carboxylic acids is 2. The molecule has 14 nitrogen and oxygen atoms in total. The van der Waals surface area contributed by atoms with Gasteiger partial charge < -0.3 is 39.0 Å². The summed E-state index contributed by atoms with van der Waals surface area (Å²) in [6.45, 7) is 3.21. The van der Waals surface area contributed by atoms with Gasteiger partial charge in [0.2, 0.25) is 0 Å². The number of aromatic nitrogens is 2. The molecule has 1 aromatic rings. The molecule has 1 heterocycles. The molecule has 0 unspecified atom stereocenters. The molecule has 0 aromatic carbocycles. The van der Waals surface area contributed by atoms with Gasteiger partial charge in [-0.3, -0.25) is 9.59 Å². The van der Waals surface area contributed by atoms with Crippen molar-refractivity contribution >= 4 is 23.8 Å². The van der Waals surface area contributed by atoms with Crippen molar-refractivity contribution < 1.29 is 74.7 Å². The van der Waals surface area contributed by atoms with Gasteiger partial charge in [0.05, 0.1) is 38.8 Å². The zero-order valence-electron chi connectivity index (χ0n) is 23.0. The lowest BCUT2D eigenvalue weighted by Gasteiger charge is -2.22. The molecule has 0 atom stereocenters. The van der Waals surface area contributed by atoms with Crippen LogP contribution in [0.25, 0.3) is 0 Å². The van der Waals surface area contributed by atoms with Crippen LogP contribution in [0.5, 0.6) is 0 Å². The number of halogens is 6. The molecular weight excluding hydrogens is 594 g/mol. The highest BCUT2D eigenvalue weighted by Crippen LogP contribution is 2.13. The Morgan fingerprint density at radius 2 is 0.833 bits per heavy atom. The first-order chi connectivity index (χ1) is 19.5. The SMILES string of the molecule is COCCN(CCOC)C(=O)c1cnc(C(=O)N(CCOC)CCOC)cn1.O=C(O)C(F)(F)F.O=C(O)C(F)(F)F. The fraction of sp³-hybridized carbons (Fsp3) is 0.636. The number of amides is 2. The Morgan fingerprint density at radius 3 is 0.976 bits per heavy atom. The number of alkyl halides is 6. The molecule has 0 aliphatic heterocycles. The minimum atomic E-state index is -5.08. The van der Waals surface area contributed by atoms with Gasteiger partial charge in [-0.2, -0.15) is 26.3 Å². The highest BCUT2D eigenvalue weighted by Gasteiger charge is 2.38. The highest BCUT2D eigenvalue weighted by molar-refractivity contribution is 5.94. The molecule has 0 aliphatic carbocycles. The number of carbonyl (C=O) groups is 4. The van der Waals surface area contributed by atoms with Gasteiger partial charge in [-0.25, -0.2) is 19.6 Å². The van der Waals surface area contributed by atoms with Gasteiger partial charge in [0.15, 0.2) is 0 Å². The van der Waals surface area contributed by atoms with Crippen LogP contribution >= 0.6 is 0 Å². The molecule has 2 amide bonds. The highest BCUT2D eigenvalue weighted by atomic mass is 19.4. The van der Waals surface area contributed by atoms with Gasteiger partial charge in [0, 0.05) is 54.6 Å². The normalized spacial score (nSPS) is 10.9. The first-order valence-corrected chi connectivity index (χ1v) is 11.4. The maximum Gasteiger partial charge on any atom is 0.490 e. The number of carboxylic acids is 2. The van der Waals surface area contributed by atoms with Gasteiger partial charge in [-0.1, -0.05) is 0 Å². The first-order valence-electron chi connectivity index (χ1n) is 11.4. The number of ether oxygens (including phenoxy) is 4. The average molecular weight is 627 g/mol. The summed E-state index contributed by atoms with van der Waals surface area (Å²) in [4.78, 5) is 54.5. The van der Waals surface area contributed by atoms with E-state index in [9.17, 15) is 35.9 Å². The minimum Gasteiger partial charge on any atom is -0.475 e. The van der Waals surface area contributed by atoms with Crippen molar-refractivity contribution in [3.05, 3.63) is 23.8 Å². The second-order valence-corrected chi connectivity index (χ2v) is 7.45. The molecule has 42 heavy (non-hydrogen) atoms. The van der Waals surface area contributed by atoms with Gasteiger partial charge >= 0.3 is 24.3 Å². The summed E-state index contributed by atoms with van der Waals surface area (Å²) in [5.74, 6) is -6.10. The fourth-order valence-electron chi connectivity index (χ4n) is 2.31. The maximum absolute atomic E-state index is 12.6. The van der Waals surface area contributed by atoms with Crippen molar-refractivity contribution in [2.45, 2.75) is 12.4 Å². The molecule has 0 saturated heterocycles. The number of hydrogen-bond acceptors (Lipinski definition) is 10. The van der Waals surface area contributed by atoms with Crippen LogP contribution in [0.4, 0.5) is 26.3 Å². The summed E-state index contributed by atoms with van der Waals surface area (Å²) < 4.78 is 83.6. The van der Waals surface area contributed by atoms with E-state index in [1.807, 2.05) is 0 Å². The van der Waals surface area contributed by atoms with Crippen LogP contribution < -0.4 is 0 Å². The lowest BCUT2D eigenvalue weighted by atomic mass is 10.3. The van der Waals surface area contributed by atoms with E-state index < -0.39 is 24.3 Å². The summed E-state index contributed by atoms with van der Waals surface area (Å²) in [6, 6.07) is 0. The molecule has 0 aliphatic rings. The third kappa shape index (κ3) is 17.9. The van der Waals surface area contributed by atoms with Crippen molar-refractivity contribution in [3.63, 3.8) is 0 Å². The third-order valence-electron chi connectivity index (χ3n) is 4.41. The fourth-order valence-corrected chi connectivity index (χ4v) is 2.31. The number of rotatable bonds is 14. The summed E-state index contributed by atoms with van der Waals surface area (Å²) in [5.41, 5.74) is 0.313. The van der Waals surface area contributed by atoms with E-state index >= 15 is 0 Å². The monoisotopic (exact) mass is 626 g/mol. The summed E-state index contributed by atoms with van der Waals surface area (Å²) >= 11 is 0. The molecule has 0 spiro atoms. The molecule has 1 aromatic heterocycles. The van der Waals surface area contributed by atoms with E-state index in [1.54, 1.807) is 38.2 Å². The van der Waals surface area contributed by atoms with Gasteiger partial charge in [-0.15, -0.1) is 0 Å². The van der Waals surface area contributed by atoms with Crippen molar-refractivity contribution in [3.8, 4) is 0 Å². The van der Waals surface area contributed by atoms with Crippen molar-refractivity contribution in [2.75, 3.05) is 81.0 Å². The van der Waals surface area contributed by atoms with Crippen LogP contribution in [0, 0.1) is 0 Å². The van der Waals surface area contributed by atoms with Crippen LogP contribution in [0.1, 0.15) is 21.0 Å². The predicted molar refractivity (Wildman–Crippen MR) is 129 cm³/mol.